The van der Waals surface area contributed by atoms with Crippen LogP contribution >= 0.6 is 0 Å². The van der Waals surface area contributed by atoms with Gasteiger partial charge in [-0.2, -0.15) is 0 Å². The normalized spacial score (nSPS) is 27.2. The minimum atomic E-state index is 0.545. The fourth-order valence-corrected chi connectivity index (χ4v) is 2.67. The van der Waals surface area contributed by atoms with E-state index < -0.39 is 0 Å². The molecule has 4 nitrogen and oxygen atoms in total. The van der Waals surface area contributed by atoms with Gasteiger partial charge in [-0.15, -0.1) is 0 Å². The van der Waals surface area contributed by atoms with Gasteiger partial charge in [-0.1, -0.05) is 13.8 Å². The Kier molecular flexibility index (Phi) is 4.04. The molecule has 1 aliphatic carbocycles. The highest BCUT2D eigenvalue weighted by atomic mass is 15.1. The highest BCUT2D eigenvalue weighted by molar-refractivity contribution is 5.48. The first kappa shape index (κ1) is 13.1. The molecule has 0 aromatic carbocycles. The topological polar surface area (TPSA) is 49.8 Å². The second-order valence-electron chi connectivity index (χ2n) is 5.38. The average Bonchev–Trinajstić information content (AvgIpc) is 2.61. The van der Waals surface area contributed by atoms with Crippen molar-refractivity contribution in [1.29, 1.82) is 0 Å². The van der Waals surface area contributed by atoms with E-state index in [0.717, 1.165) is 29.9 Å². The van der Waals surface area contributed by atoms with Crippen LogP contribution in [0.4, 0.5) is 11.6 Å². The maximum absolute atomic E-state index is 4.48. The third-order valence-corrected chi connectivity index (χ3v) is 3.99. The standard InChI is InChI=1S/C14H24N4/c1-5-15-13-8-14(17-11(4)16-13)18-12-7-6-9(2)10(12)3/h8-10,12H,5-7H2,1-4H3,(H2,15,16,17,18). The van der Waals surface area contributed by atoms with Crippen LogP contribution in [-0.4, -0.2) is 22.6 Å². The molecule has 2 N–H and O–H groups in total. The molecule has 0 bridgehead atoms. The average molecular weight is 248 g/mol. The zero-order valence-corrected chi connectivity index (χ0v) is 11.8. The van der Waals surface area contributed by atoms with Gasteiger partial charge in [-0.05, 0) is 38.5 Å². The van der Waals surface area contributed by atoms with Crippen molar-refractivity contribution in [3.05, 3.63) is 11.9 Å². The lowest BCUT2D eigenvalue weighted by Gasteiger charge is -2.20. The molecular weight excluding hydrogens is 224 g/mol. The molecule has 1 aromatic rings. The Hall–Kier alpha value is -1.32. The van der Waals surface area contributed by atoms with Crippen LogP contribution in [-0.2, 0) is 0 Å². The summed E-state index contributed by atoms with van der Waals surface area (Å²) in [6, 6.07) is 2.55. The Morgan fingerprint density at radius 3 is 2.56 bits per heavy atom. The lowest BCUT2D eigenvalue weighted by molar-refractivity contribution is 0.435. The SMILES string of the molecule is CCNc1cc(NC2CCC(C)C2C)nc(C)n1. The van der Waals surface area contributed by atoms with Crippen LogP contribution in [0.3, 0.4) is 0 Å². The number of nitrogens with one attached hydrogen (secondary N) is 2. The number of nitrogens with zero attached hydrogens (tertiary/aromatic N) is 2. The fourth-order valence-electron chi connectivity index (χ4n) is 2.67. The molecule has 0 aliphatic heterocycles. The maximum Gasteiger partial charge on any atom is 0.132 e. The Balaban J connectivity index is 2.09. The van der Waals surface area contributed by atoms with Crippen molar-refractivity contribution in [2.45, 2.75) is 46.6 Å². The molecule has 4 heteroatoms. The maximum atomic E-state index is 4.48. The molecule has 1 aliphatic rings. The smallest absolute Gasteiger partial charge is 0.132 e. The minimum Gasteiger partial charge on any atom is -0.370 e. The minimum absolute atomic E-state index is 0.545. The number of hydrogen-bond acceptors (Lipinski definition) is 4. The van der Waals surface area contributed by atoms with E-state index in [1.54, 1.807) is 0 Å². The van der Waals surface area contributed by atoms with E-state index in [1.165, 1.54) is 12.8 Å². The summed E-state index contributed by atoms with van der Waals surface area (Å²) in [5.74, 6) is 4.19. The molecule has 3 atom stereocenters. The van der Waals surface area contributed by atoms with Gasteiger partial charge in [0.2, 0.25) is 0 Å². The highest BCUT2D eigenvalue weighted by Crippen LogP contribution is 2.33. The third kappa shape index (κ3) is 2.92. The van der Waals surface area contributed by atoms with Crippen molar-refractivity contribution < 1.29 is 0 Å². The number of hydrogen-bond donors (Lipinski definition) is 2. The molecule has 1 aromatic heterocycles. The molecule has 100 valence electrons. The van der Waals surface area contributed by atoms with Crippen molar-refractivity contribution in [3.8, 4) is 0 Å². The van der Waals surface area contributed by atoms with Crippen LogP contribution < -0.4 is 10.6 Å². The molecule has 1 fully saturated rings. The Bertz CT molecular complexity index is 405. The summed E-state index contributed by atoms with van der Waals surface area (Å²) in [5, 5.41) is 6.81. The third-order valence-electron chi connectivity index (χ3n) is 3.99. The predicted molar refractivity (Wildman–Crippen MR) is 75.9 cm³/mol. The first-order valence-corrected chi connectivity index (χ1v) is 6.96. The number of rotatable bonds is 4. The van der Waals surface area contributed by atoms with E-state index in [0.29, 0.717) is 12.0 Å². The summed E-state index contributed by atoms with van der Waals surface area (Å²) in [4.78, 5) is 8.85. The van der Waals surface area contributed by atoms with E-state index in [9.17, 15) is 0 Å². The predicted octanol–water partition coefficient (Wildman–Crippen LogP) is 3.06. The molecule has 0 saturated heterocycles. The van der Waals surface area contributed by atoms with Gasteiger partial charge in [0.05, 0.1) is 0 Å². The highest BCUT2D eigenvalue weighted by Gasteiger charge is 2.29. The lowest BCUT2D eigenvalue weighted by atomic mass is 9.98. The Labute approximate surface area is 110 Å². The van der Waals surface area contributed by atoms with Crippen molar-refractivity contribution in [2.24, 2.45) is 11.8 Å². The van der Waals surface area contributed by atoms with Crippen LogP contribution in [0.2, 0.25) is 0 Å². The van der Waals surface area contributed by atoms with Crippen molar-refractivity contribution in [3.63, 3.8) is 0 Å². The molecule has 1 saturated carbocycles. The quantitative estimate of drug-likeness (QED) is 0.860. The molecule has 0 radical (unpaired) electrons. The largest absolute Gasteiger partial charge is 0.370 e. The van der Waals surface area contributed by atoms with Gasteiger partial charge in [-0.3, -0.25) is 0 Å². The van der Waals surface area contributed by atoms with Crippen LogP contribution in [0.25, 0.3) is 0 Å². The number of aromatic nitrogens is 2. The lowest BCUT2D eigenvalue weighted by Crippen LogP contribution is -2.24. The van der Waals surface area contributed by atoms with Gasteiger partial charge in [0.25, 0.3) is 0 Å². The van der Waals surface area contributed by atoms with Gasteiger partial charge in [0.1, 0.15) is 17.5 Å². The zero-order chi connectivity index (χ0) is 13.1. The summed E-state index contributed by atoms with van der Waals surface area (Å²) in [5.41, 5.74) is 0. The Morgan fingerprint density at radius 2 is 1.94 bits per heavy atom. The first-order valence-electron chi connectivity index (χ1n) is 6.96. The summed E-state index contributed by atoms with van der Waals surface area (Å²) in [7, 11) is 0. The van der Waals surface area contributed by atoms with Crippen LogP contribution in [0.1, 0.15) is 39.4 Å². The van der Waals surface area contributed by atoms with Crippen molar-refractivity contribution in [2.75, 3.05) is 17.2 Å². The molecule has 18 heavy (non-hydrogen) atoms. The number of anilines is 2. The summed E-state index contributed by atoms with van der Waals surface area (Å²) < 4.78 is 0. The monoisotopic (exact) mass is 248 g/mol. The Morgan fingerprint density at radius 1 is 1.22 bits per heavy atom. The summed E-state index contributed by atoms with van der Waals surface area (Å²) in [6.07, 6.45) is 2.55. The molecule has 1 heterocycles. The fraction of sp³-hybridized carbons (Fsp3) is 0.714. The van der Waals surface area contributed by atoms with Crippen molar-refractivity contribution >= 4 is 11.6 Å². The van der Waals surface area contributed by atoms with E-state index in [4.69, 9.17) is 0 Å². The van der Waals surface area contributed by atoms with Crippen LogP contribution in [0.5, 0.6) is 0 Å². The van der Waals surface area contributed by atoms with Gasteiger partial charge < -0.3 is 10.6 Å². The van der Waals surface area contributed by atoms with E-state index >= 15 is 0 Å². The van der Waals surface area contributed by atoms with Crippen LogP contribution in [0.15, 0.2) is 6.07 Å². The van der Waals surface area contributed by atoms with Gasteiger partial charge in [0.15, 0.2) is 0 Å². The van der Waals surface area contributed by atoms with Gasteiger partial charge in [0, 0.05) is 18.7 Å². The molecule has 0 spiro atoms. The van der Waals surface area contributed by atoms with Crippen molar-refractivity contribution in [1.82, 2.24) is 9.97 Å². The zero-order valence-electron chi connectivity index (χ0n) is 11.8. The van der Waals surface area contributed by atoms with Crippen LogP contribution in [0, 0.1) is 18.8 Å². The second kappa shape index (κ2) is 5.55. The van der Waals surface area contributed by atoms with E-state index in [-0.39, 0.29) is 0 Å². The molecule has 2 rings (SSSR count). The van der Waals surface area contributed by atoms with Gasteiger partial charge >= 0.3 is 0 Å². The van der Waals surface area contributed by atoms with E-state index in [1.807, 2.05) is 13.0 Å². The molecular formula is C14H24N4. The summed E-state index contributed by atoms with van der Waals surface area (Å²) in [6.45, 7) is 9.56. The first-order chi connectivity index (χ1) is 8.60. The summed E-state index contributed by atoms with van der Waals surface area (Å²) >= 11 is 0. The van der Waals surface area contributed by atoms with E-state index in [2.05, 4.69) is 41.4 Å². The molecule has 3 unspecified atom stereocenters. The number of aryl methyl sites for hydroxylation is 1. The second-order valence-corrected chi connectivity index (χ2v) is 5.38. The van der Waals surface area contributed by atoms with Gasteiger partial charge in [-0.25, -0.2) is 9.97 Å². The molecule has 0 amide bonds.